The van der Waals surface area contributed by atoms with Gasteiger partial charge in [-0.3, -0.25) is 4.79 Å². The van der Waals surface area contributed by atoms with E-state index >= 15 is 0 Å². The van der Waals surface area contributed by atoms with Gasteiger partial charge in [-0.2, -0.15) is 4.98 Å². The quantitative estimate of drug-likeness (QED) is 0.699. The van der Waals surface area contributed by atoms with Crippen LogP contribution in [0.5, 0.6) is 0 Å². The van der Waals surface area contributed by atoms with Crippen LogP contribution in [0.2, 0.25) is 0 Å². The van der Waals surface area contributed by atoms with Crippen LogP contribution in [-0.2, 0) is 5.54 Å². The first kappa shape index (κ1) is 18.8. The lowest BCUT2D eigenvalue weighted by Gasteiger charge is -2.22. The average molecular weight is 363 g/mol. The minimum absolute atomic E-state index is 0.00748. The molecular weight excluding hydrogens is 338 g/mol. The Balaban J connectivity index is 1.84. The van der Waals surface area contributed by atoms with Gasteiger partial charge < -0.3 is 9.84 Å². The van der Waals surface area contributed by atoms with E-state index in [1.54, 1.807) is 12.1 Å². The van der Waals surface area contributed by atoms with Crippen molar-refractivity contribution in [3.63, 3.8) is 0 Å². The smallest absolute Gasteiger partial charge is 0.252 e. The second-order valence-electron chi connectivity index (χ2n) is 7.53. The molecule has 0 aliphatic rings. The zero-order valence-electron chi connectivity index (χ0n) is 16.1. The summed E-state index contributed by atoms with van der Waals surface area (Å²) in [4.78, 5) is 17.1. The molecule has 3 aromatic rings. The van der Waals surface area contributed by atoms with E-state index in [-0.39, 0.29) is 11.8 Å². The number of rotatable bonds is 6. The molecule has 0 saturated carbocycles. The van der Waals surface area contributed by atoms with Crippen molar-refractivity contribution >= 4 is 5.91 Å². The van der Waals surface area contributed by atoms with Gasteiger partial charge in [0.25, 0.3) is 5.91 Å². The summed E-state index contributed by atoms with van der Waals surface area (Å²) in [5, 5.41) is 7.15. The Bertz CT molecular complexity index is 886. The van der Waals surface area contributed by atoms with Gasteiger partial charge in [-0.1, -0.05) is 67.5 Å². The van der Waals surface area contributed by atoms with Crippen LogP contribution in [0.4, 0.5) is 0 Å². The number of nitrogens with one attached hydrogen (secondary N) is 1. The zero-order valence-corrected chi connectivity index (χ0v) is 16.1. The first-order valence-corrected chi connectivity index (χ1v) is 9.15. The van der Waals surface area contributed by atoms with E-state index in [1.165, 1.54) is 0 Å². The van der Waals surface area contributed by atoms with Crippen LogP contribution in [0.15, 0.2) is 65.2 Å². The van der Waals surface area contributed by atoms with E-state index in [1.807, 2.05) is 50.2 Å². The monoisotopic (exact) mass is 363 g/mol. The Labute approximate surface area is 159 Å². The van der Waals surface area contributed by atoms with Gasteiger partial charge in [-0.05, 0) is 37.5 Å². The number of nitrogens with zero attached hydrogens (tertiary/aromatic N) is 2. The normalized spacial score (nSPS) is 12.8. The fourth-order valence-electron chi connectivity index (χ4n) is 3.09. The van der Waals surface area contributed by atoms with Crippen LogP contribution in [0.25, 0.3) is 0 Å². The first-order chi connectivity index (χ1) is 12.9. The number of hydrogen-bond donors (Lipinski definition) is 1. The maximum Gasteiger partial charge on any atom is 0.252 e. The molecule has 1 aromatic heterocycles. The Morgan fingerprint density at radius 3 is 2.19 bits per heavy atom. The molecule has 1 heterocycles. The summed E-state index contributed by atoms with van der Waals surface area (Å²) in [7, 11) is 0. The van der Waals surface area contributed by atoms with Gasteiger partial charge in [0.05, 0.1) is 11.5 Å². The molecule has 140 valence electrons. The molecule has 0 saturated heterocycles. The lowest BCUT2D eigenvalue weighted by Crippen LogP contribution is -2.41. The molecule has 3 rings (SSSR count). The van der Waals surface area contributed by atoms with Crippen molar-refractivity contribution in [3.05, 3.63) is 83.5 Å². The third-order valence-corrected chi connectivity index (χ3v) is 4.55. The van der Waals surface area contributed by atoms with Crippen LogP contribution in [-0.4, -0.2) is 16.0 Å². The molecule has 27 heavy (non-hydrogen) atoms. The maximum absolute atomic E-state index is 12.5. The van der Waals surface area contributed by atoms with Crippen molar-refractivity contribution in [2.75, 3.05) is 0 Å². The van der Waals surface area contributed by atoms with Crippen molar-refractivity contribution < 1.29 is 9.32 Å². The standard InChI is InChI=1S/C22H25N3O2/c1-15(2)18(16-11-7-5-8-12-16)20-23-21(25-27-20)22(3,4)24-19(26)17-13-9-6-10-14-17/h5-15,18H,1-4H3,(H,24,26). The molecule has 2 aromatic carbocycles. The Morgan fingerprint density at radius 2 is 1.59 bits per heavy atom. The molecule has 1 N–H and O–H groups in total. The van der Waals surface area contributed by atoms with Gasteiger partial charge in [0.2, 0.25) is 5.89 Å². The number of carbonyl (C=O) groups is 1. The van der Waals surface area contributed by atoms with Crippen LogP contribution >= 0.6 is 0 Å². The van der Waals surface area contributed by atoms with E-state index in [9.17, 15) is 4.79 Å². The molecule has 5 heteroatoms. The minimum Gasteiger partial charge on any atom is -0.340 e. The highest BCUT2D eigenvalue weighted by Crippen LogP contribution is 2.31. The summed E-state index contributed by atoms with van der Waals surface area (Å²) in [6, 6.07) is 19.2. The zero-order chi connectivity index (χ0) is 19.4. The van der Waals surface area contributed by atoms with Crippen LogP contribution < -0.4 is 5.32 Å². The molecule has 0 fully saturated rings. The molecule has 5 nitrogen and oxygen atoms in total. The summed E-state index contributed by atoms with van der Waals surface area (Å²) in [5.41, 5.74) is 0.972. The largest absolute Gasteiger partial charge is 0.340 e. The molecule has 0 aliphatic carbocycles. The maximum atomic E-state index is 12.5. The molecular formula is C22H25N3O2. The van der Waals surface area contributed by atoms with Crippen molar-refractivity contribution in [1.29, 1.82) is 0 Å². The predicted octanol–water partition coefficient (Wildman–Crippen LogP) is 4.52. The van der Waals surface area contributed by atoms with Gasteiger partial charge in [0.15, 0.2) is 5.82 Å². The Kier molecular flexibility index (Phi) is 5.40. The molecule has 1 unspecified atom stereocenters. The Morgan fingerprint density at radius 1 is 1.00 bits per heavy atom. The summed E-state index contributed by atoms with van der Waals surface area (Å²) in [6.07, 6.45) is 0. The fraction of sp³-hybridized carbons (Fsp3) is 0.318. The van der Waals surface area contributed by atoms with Crippen LogP contribution in [0.1, 0.15) is 61.2 Å². The van der Waals surface area contributed by atoms with Gasteiger partial charge >= 0.3 is 0 Å². The number of carbonyl (C=O) groups excluding carboxylic acids is 1. The second-order valence-corrected chi connectivity index (χ2v) is 7.53. The van der Waals surface area contributed by atoms with Crippen molar-refractivity contribution in [2.24, 2.45) is 5.92 Å². The highest BCUT2D eigenvalue weighted by atomic mass is 16.5. The van der Waals surface area contributed by atoms with Gasteiger partial charge in [0.1, 0.15) is 0 Å². The number of aromatic nitrogens is 2. The lowest BCUT2D eigenvalue weighted by molar-refractivity contribution is 0.0907. The van der Waals surface area contributed by atoms with Gasteiger partial charge in [-0.15, -0.1) is 0 Å². The van der Waals surface area contributed by atoms with E-state index in [0.717, 1.165) is 5.56 Å². The predicted molar refractivity (Wildman–Crippen MR) is 104 cm³/mol. The van der Waals surface area contributed by atoms with Gasteiger partial charge in [-0.25, -0.2) is 0 Å². The van der Waals surface area contributed by atoms with E-state index in [0.29, 0.717) is 23.2 Å². The first-order valence-electron chi connectivity index (χ1n) is 9.15. The SMILES string of the molecule is CC(C)C(c1ccccc1)c1nc(C(C)(C)NC(=O)c2ccccc2)no1. The summed E-state index contributed by atoms with van der Waals surface area (Å²) >= 11 is 0. The second kappa shape index (κ2) is 7.74. The van der Waals surface area contributed by atoms with E-state index in [4.69, 9.17) is 4.52 Å². The average Bonchev–Trinajstić information content (AvgIpc) is 3.13. The number of benzene rings is 2. The van der Waals surface area contributed by atoms with Crippen LogP contribution in [0, 0.1) is 5.92 Å². The summed E-state index contributed by atoms with van der Waals surface area (Å²) < 4.78 is 5.60. The van der Waals surface area contributed by atoms with Crippen molar-refractivity contribution in [2.45, 2.75) is 39.2 Å². The third-order valence-electron chi connectivity index (χ3n) is 4.55. The number of hydrogen-bond acceptors (Lipinski definition) is 4. The van der Waals surface area contributed by atoms with Crippen molar-refractivity contribution in [1.82, 2.24) is 15.5 Å². The third kappa shape index (κ3) is 4.25. The van der Waals surface area contributed by atoms with Gasteiger partial charge in [0, 0.05) is 5.56 Å². The lowest BCUT2D eigenvalue weighted by atomic mass is 9.88. The molecule has 1 amide bonds. The Hall–Kier alpha value is -2.95. The summed E-state index contributed by atoms with van der Waals surface area (Å²) in [6.45, 7) is 8.00. The van der Waals surface area contributed by atoms with E-state index < -0.39 is 5.54 Å². The molecule has 0 spiro atoms. The van der Waals surface area contributed by atoms with Crippen molar-refractivity contribution in [3.8, 4) is 0 Å². The summed E-state index contributed by atoms with van der Waals surface area (Å²) in [5.74, 6) is 1.16. The minimum atomic E-state index is -0.757. The number of amides is 1. The highest BCUT2D eigenvalue weighted by molar-refractivity contribution is 5.94. The molecule has 0 radical (unpaired) electrons. The molecule has 0 aliphatic heterocycles. The molecule has 0 bridgehead atoms. The topological polar surface area (TPSA) is 68.0 Å². The van der Waals surface area contributed by atoms with E-state index in [2.05, 4.69) is 41.4 Å². The van der Waals surface area contributed by atoms with Crippen LogP contribution in [0.3, 0.4) is 0 Å². The molecule has 1 atom stereocenters. The fourth-order valence-corrected chi connectivity index (χ4v) is 3.09. The highest BCUT2D eigenvalue weighted by Gasteiger charge is 2.32.